The third-order valence-corrected chi connectivity index (χ3v) is 7.30. The Kier molecular flexibility index (Phi) is 7.48. The molecule has 12 nitrogen and oxygen atoms in total. The van der Waals surface area contributed by atoms with E-state index in [0.29, 0.717) is 34.8 Å². The second-order valence-electron chi connectivity index (χ2n) is 11.3. The summed E-state index contributed by atoms with van der Waals surface area (Å²) in [5, 5.41) is 3.00. The highest BCUT2D eigenvalue weighted by atomic mass is 16.6. The molecule has 0 bridgehead atoms. The van der Waals surface area contributed by atoms with Crippen molar-refractivity contribution in [2.75, 3.05) is 36.5 Å². The molecule has 41 heavy (non-hydrogen) atoms. The van der Waals surface area contributed by atoms with E-state index < -0.39 is 29.2 Å². The Morgan fingerprint density at radius 3 is 2.66 bits per heavy atom. The zero-order chi connectivity index (χ0) is 29.5. The lowest BCUT2D eigenvalue weighted by Crippen LogP contribution is -2.60. The number of para-hydroxylation sites is 1. The number of hydrogen-bond donors (Lipinski definition) is 1. The molecule has 0 aliphatic carbocycles. The summed E-state index contributed by atoms with van der Waals surface area (Å²) in [5.41, 5.74) is 0.269. The van der Waals surface area contributed by atoms with Gasteiger partial charge in [0, 0.05) is 45.6 Å². The smallest absolute Gasteiger partial charge is 0.407 e. The van der Waals surface area contributed by atoms with Gasteiger partial charge in [-0.1, -0.05) is 12.0 Å². The molecule has 1 saturated heterocycles. The van der Waals surface area contributed by atoms with Gasteiger partial charge in [-0.3, -0.25) is 24.2 Å². The number of anilines is 2. The highest BCUT2D eigenvalue weighted by Crippen LogP contribution is 2.37. The van der Waals surface area contributed by atoms with Gasteiger partial charge in [0.05, 0.1) is 17.7 Å². The molecule has 2 aromatic heterocycles. The predicted molar refractivity (Wildman–Crippen MR) is 157 cm³/mol. The Bertz CT molecular complexity index is 1660. The van der Waals surface area contributed by atoms with Gasteiger partial charge in [-0.25, -0.2) is 14.2 Å². The van der Waals surface area contributed by atoms with Gasteiger partial charge in [-0.15, -0.1) is 5.92 Å². The first-order valence-electron chi connectivity index (χ1n) is 13.7. The van der Waals surface area contributed by atoms with E-state index >= 15 is 0 Å². The lowest BCUT2D eigenvalue weighted by Gasteiger charge is -2.42. The topological polar surface area (TPSA) is 118 Å². The summed E-state index contributed by atoms with van der Waals surface area (Å²) in [6, 6.07) is 5.12. The molecule has 1 fully saturated rings. The van der Waals surface area contributed by atoms with E-state index in [-0.39, 0.29) is 12.6 Å². The van der Waals surface area contributed by atoms with Crippen LogP contribution in [0.4, 0.5) is 16.3 Å². The average Bonchev–Trinajstić information content (AvgIpc) is 3.22. The van der Waals surface area contributed by atoms with Crippen LogP contribution in [0, 0.1) is 11.8 Å². The van der Waals surface area contributed by atoms with Crippen molar-refractivity contribution in [3.8, 4) is 17.5 Å². The number of rotatable bonds is 4. The number of ether oxygens (including phenoxy) is 1. The Morgan fingerprint density at radius 1 is 1.17 bits per heavy atom. The fourth-order valence-corrected chi connectivity index (χ4v) is 5.72. The summed E-state index contributed by atoms with van der Waals surface area (Å²) in [5.74, 6) is 6.56. The van der Waals surface area contributed by atoms with Crippen molar-refractivity contribution in [2.45, 2.75) is 58.5 Å². The number of fused-ring (bicyclic) bond motifs is 2. The zero-order valence-corrected chi connectivity index (χ0v) is 24.3. The minimum Gasteiger partial charge on any atom is -0.444 e. The molecular formula is C29H36N8O4. The van der Waals surface area contributed by atoms with Crippen LogP contribution in [0.3, 0.4) is 0 Å². The van der Waals surface area contributed by atoms with Gasteiger partial charge in [0.25, 0.3) is 5.56 Å². The van der Waals surface area contributed by atoms with Crippen molar-refractivity contribution in [2.24, 2.45) is 7.05 Å². The highest BCUT2D eigenvalue weighted by molar-refractivity contribution is 5.83. The van der Waals surface area contributed by atoms with E-state index in [1.165, 1.54) is 9.13 Å². The number of alkyl carbamates (subject to hydrolysis) is 1. The molecule has 5 rings (SSSR count). The summed E-state index contributed by atoms with van der Waals surface area (Å²) in [4.78, 5) is 55.4. The molecule has 1 N–H and O–H groups in total. The van der Waals surface area contributed by atoms with Gasteiger partial charge in [-0.05, 0) is 52.7 Å². The molecule has 2 aliphatic rings. The quantitative estimate of drug-likeness (QED) is 0.478. The van der Waals surface area contributed by atoms with Crippen LogP contribution in [0.2, 0.25) is 0 Å². The zero-order valence-electron chi connectivity index (χ0n) is 24.3. The first-order chi connectivity index (χ1) is 19.5. The minimum atomic E-state index is -0.596. The second-order valence-corrected chi connectivity index (χ2v) is 11.3. The number of benzene rings is 1. The van der Waals surface area contributed by atoms with Crippen molar-refractivity contribution in [1.29, 1.82) is 0 Å². The molecule has 1 aromatic carbocycles. The van der Waals surface area contributed by atoms with Crippen LogP contribution in [0.15, 0.2) is 40.2 Å². The van der Waals surface area contributed by atoms with E-state index in [9.17, 15) is 14.4 Å². The number of aromatic nitrogens is 4. The average molecular weight is 561 g/mol. The Balaban J connectivity index is 1.57. The Morgan fingerprint density at radius 2 is 1.93 bits per heavy atom. The van der Waals surface area contributed by atoms with E-state index in [1.807, 2.05) is 37.6 Å². The van der Waals surface area contributed by atoms with Gasteiger partial charge in [0.2, 0.25) is 0 Å². The molecule has 2 atom stereocenters. The number of likely N-dealkylation sites (tertiary alicyclic amines) is 1. The molecule has 4 heterocycles. The van der Waals surface area contributed by atoms with Gasteiger partial charge in [0.15, 0.2) is 6.29 Å². The summed E-state index contributed by atoms with van der Waals surface area (Å²) in [6.45, 7) is 8.82. The van der Waals surface area contributed by atoms with Crippen LogP contribution in [0.25, 0.3) is 16.7 Å². The van der Waals surface area contributed by atoms with E-state index in [4.69, 9.17) is 4.74 Å². The van der Waals surface area contributed by atoms with Crippen LogP contribution in [0.5, 0.6) is 0 Å². The second kappa shape index (κ2) is 10.9. The Labute approximate surface area is 238 Å². The first-order valence-corrected chi connectivity index (χ1v) is 13.7. The van der Waals surface area contributed by atoms with Crippen LogP contribution in [0.1, 0.15) is 40.5 Å². The maximum absolute atomic E-state index is 14.3. The lowest BCUT2D eigenvalue weighted by atomic mass is 10.1. The molecule has 12 heteroatoms. The normalized spacial score (nSPS) is 19.1. The first kappa shape index (κ1) is 28.2. The number of piperidine rings is 1. The van der Waals surface area contributed by atoms with Crippen molar-refractivity contribution < 1.29 is 9.53 Å². The third-order valence-electron chi connectivity index (χ3n) is 7.30. The van der Waals surface area contributed by atoms with Crippen molar-refractivity contribution >= 4 is 28.6 Å². The van der Waals surface area contributed by atoms with Crippen LogP contribution in [-0.4, -0.2) is 74.7 Å². The van der Waals surface area contributed by atoms with Crippen molar-refractivity contribution in [3.05, 3.63) is 51.4 Å². The molecule has 3 aromatic rings. The molecule has 2 aliphatic heterocycles. The van der Waals surface area contributed by atoms with Gasteiger partial charge >= 0.3 is 11.8 Å². The Hall–Kier alpha value is -4.37. The van der Waals surface area contributed by atoms with Crippen molar-refractivity contribution in [3.63, 3.8) is 0 Å². The van der Waals surface area contributed by atoms with Crippen LogP contribution in [-0.2, 0) is 11.8 Å². The van der Waals surface area contributed by atoms with Gasteiger partial charge in [-0.2, -0.15) is 0 Å². The summed E-state index contributed by atoms with van der Waals surface area (Å²) in [6.07, 6.45) is 3.91. The number of amides is 1. The molecule has 1 unspecified atom stereocenters. The third kappa shape index (κ3) is 5.25. The molecular weight excluding hydrogens is 524 g/mol. The number of hydrogen-bond acceptors (Lipinski definition) is 9. The summed E-state index contributed by atoms with van der Waals surface area (Å²) in [7, 11) is 3.54. The molecule has 0 radical (unpaired) electrons. The fourth-order valence-electron chi connectivity index (χ4n) is 5.72. The number of carbonyl (C=O) groups is 1. The molecule has 1 amide bonds. The van der Waals surface area contributed by atoms with Gasteiger partial charge < -0.3 is 19.9 Å². The molecule has 0 spiro atoms. The fraction of sp³-hybridized carbons (Fsp3) is 0.483. The van der Waals surface area contributed by atoms with E-state index in [0.717, 1.165) is 19.4 Å². The molecule has 216 valence electrons. The predicted octanol–water partition coefficient (Wildman–Crippen LogP) is 2.03. The number of nitrogens with one attached hydrogen (secondary N) is 1. The van der Waals surface area contributed by atoms with Gasteiger partial charge in [0.1, 0.15) is 22.6 Å². The largest absolute Gasteiger partial charge is 0.444 e. The minimum absolute atomic E-state index is 0.135. The summed E-state index contributed by atoms with van der Waals surface area (Å²) >= 11 is 0. The maximum Gasteiger partial charge on any atom is 0.407 e. The number of carbonyl (C=O) groups excluding carboxylic acids is 1. The summed E-state index contributed by atoms with van der Waals surface area (Å²) < 4.78 is 8.15. The monoisotopic (exact) mass is 560 g/mol. The van der Waals surface area contributed by atoms with E-state index in [2.05, 4.69) is 32.0 Å². The molecule has 0 saturated carbocycles. The lowest BCUT2D eigenvalue weighted by molar-refractivity contribution is 0.0456. The van der Waals surface area contributed by atoms with E-state index in [1.54, 1.807) is 44.6 Å². The highest BCUT2D eigenvalue weighted by Gasteiger charge is 2.43. The maximum atomic E-state index is 14.3. The van der Waals surface area contributed by atoms with Crippen LogP contribution < -0.4 is 26.4 Å². The SMILES string of the molecule is CC#CCN1c2c(n(C)c(=O)n(-c3cccc4nccnc34)c2=O)N(C)C1N1CCC[C@@H](NC(=O)OC(C)(C)C)C1. The van der Waals surface area contributed by atoms with Crippen LogP contribution >= 0.6 is 0 Å². The number of nitrogens with zero attached hydrogens (tertiary/aromatic N) is 7. The standard InChI is InChI=1S/C29H36N8O4/c1-7-8-17-36-23-24(33(5)27(36)35-16-10-11-19(18-35)32-26(39)41-29(2,3)4)34(6)28(40)37(25(23)38)21-13-9-12-20-22(21)31-15-14-30-20/h9,12-15,19,27H,10-11,16-18H2,1-6H3,(H,32,39)/t19-,27?/m1/s1. The van der Waals surface area contributed by atoms with Crippen molar-refractivity contribution in [1.82, 2.24) is 29.3 Å².